The molecule has 4 rings (SSSR count). The summed E-state index contributed by atoms with van der Waals surface area (Å²) in [6.07, 6.45) is 2.50. The smallest absolute Gasteiger partial charge is 0.335 e. The van der Waals surface area contributed by atoms with Crippen LogP contribution in [0.1, 0.15) is 73.9 Å². The summed E-state index contributed by atoms with van der Waals surface area (Å²) >= 11 is 0. The Labute approximate surface area is 214 Å². The number of aliphatic hydroxyl groups excluding tert-OH is 1. The van der Waals surface area contributed by atoms with E-state index in [0.717, 1.165) is 29.8 Å². The summed E-state index contributed by atoms with van der Waals surface area (Å²) in [6.45, 7) is 11.3. The monoisotopic (exact) mass is 487 g/mol. The van der Waals surface area contributed by atoms with E-state index >= 15 is 0 Å². The summed E-state index contributed by atoms with van der Waals surface area (Å²) in [4.78, 5) is 14.1. The average molecular weight is 488 g/mol. The Hall–Kier alpha value is -3.31. The van der Waals surface area contributed by atoms with Crippen molar-refractivity contribution in [3.63, 3.8) is 0 Å². The fourth-order valence-electron chi connectivity index (χ4n) is 5.07. The van der Waals surface area contributed by atoms with Gasteiger partial charge in [-0.2, -0.15) is 0 Å². The SMILES string of the molecule is CC(C)c1cc(-c2cccc(-c3ccc(C(=O)O)cc3OCCO)c2)cc(C(C)C)c1N1CCCC1. The van der Waals surface area contributed by atoms with Crippen LogP contribution < -0.4 is 9.64 Å². The number of aliphatic hydroxyl groups is 1. The summed E-state index contributed by atoms with van der Waals surface area (Å²) < 4.78 is 5.73. The van der Waals surface area contributed by atoms with Gasteiger partial charge in [0.1, 0.15) is 12.4 Å². The third-order valence-electron chi connectivity index (χ3n) is 6.92. The molecule has 190 valence electrons. The second kappa shape index (κ2) is 11.2. The molecule has 0 unspecified atom stereocenters. The van der Waals surface area contributed by atoms with Gasteiger partial charge >= 0.3 is 5.97 Å². The highest BCUT2D eigenvalue weighted by Gasteiger charge is 2.23. The molecule has 1 aliphatic rings. The Balaban J connectivity index is 1.82. The van der Waals surface area contributed by atoms with Crippen molar-refractivity contribution in [3.05, 3.63) is 71.3 Å². The molecule has 0 aromatic heterocycles. The first-order valence-electron chi connectivity index (χ1n) is 12.9. The highest BCUT2D eigenvalue weighted by molar-refractivity contribution is 5.90. The number of benzene rings is 3. The zero-order valence-electron chi connectivity index (χ0n) is 21.8. The van der Waals surface area contributed by atoms with E-state index in [-0.39, 0.29) is 18.8 Å². The van der Waals surface area contributed by atoms with Crippen molar-refractivity contribution < 1.29 is 19.7 Å². The lowest BCUT2D eigenvalue weighted by Gasteiger charge is -2.29. The largest absolute Gasteiger partial charge is 0.491 e. The van der Waals surface area contributed by atoms with Crippen molar-refractivity contribution in [2.24, 2.45) is 0 Å². The van der Waals surface area contributed by atoms with Crippen molar-refractivity contribution >= 4 is 11.7 Å². The number of hydrogen-bond donors (Lipinski definition) is 2. The zero-order valence-corrected chi connectivity index (χ0v) is 21.8. The number of carboxylic acid groups (broad SMARTS) is 1. The van der Waals surface area contributed by atoms with Crippen LogP contribution in [0.3, 0.4) is 0 Å². The number of hydrogen-bond acceptors (Lipinski definition) is 4. The number of aromatic carboxylic acids is 1. The van der Waals surface area contributed by atoms with Crippen LogP contribution in [0.4, 0.5) is 5.69 Å². The van der Waals surface area contributed by atoms with Crippen LogP contribution in [-0.4, -0.2) is 42.5 Å². The molecule has 2 N–H and O–H groups in total. The highest BCUT2D eigenvalue weighted by atomic mass is 16.5. The van der Waals surface area contributed by atoms with Gasteiger partial charge in [-0.05, 0) is 88.9 Å². The standard InChI is InChI=1S/C31H37NO4/c1-20(2)27-17-25(18-28(21(3)4)30(27)32-12-5-6-13-32)22-8-7-9-23(16-22)26-11-10-24(31(34)35)19-29(26)36-15-14-33/h7-11,16-21,33H,5-6,12-15H2,1-4H3,(H,34,35). The Morgan fingerprint density at radius 3 is 2.11 bits per heavy atom. The summed E-state index contributed by atoms with van der Waals surface area (Å²) in [7, 11) is 0. The van der Waals surface area contributed by atoms with Gasteiger partial charge in [-0.15, -0.1) is 0 Å². The van der Waals surface area contributed by atoms with E-state index in [4.69, 9.17) is 4.74 Å². The van der Waals surface area contributed by atoms with E-state index in [0.29, 0.717) is 17.6 Å². The highest BCUT2D eigenvalue weighted by Crippen LogP contribution is 2.41. The maximum absolute atomic E-state index is 11.5. The molecule has 0 amide bonds. The Morgan fingerprint density at radius 1 is 0.889 bits per heavy atom. The molecule has 0 radical (unpaired) electrons. The number of nitrogens with zero attached hydrogens (tertiary/aromatic N) is 1. The number of ether oxygens (including phenoxy) is 1. The molecule has 1 aliphatic heterocycles. The number of carboxylic acids is 1. The van der Waals surface area contributed by atoms with Gasteiger partial charge in [0, 0.05) is 24.3 Å². The van der Waals surface area contributed by atoms with E-state index in [9.17, 15) is 15.0 Å². The third-order valence-corrected chi connectivity index (χ3v) is 6.92. The maximum Gasteiger partial charge on any atom is 0.335 e. The second-order valence-electron chi connectivity index (χ2n) is 10.2. The first-order valence-corrected chi connectivity index (χ1v) is 12.9. The van der Waals surface area contributed by atoms with Crippen molar-refractivity contribution in [3.8, 4) is 28.0 Å². The van der Waals surface area contributed by atoms with Gasteiger partial charge in [-0.25, -0.2) is 4.79 Å². The van der Waals surface area contributed by atoms with Gasteiger partial charge in [0.2, 0.25) is 0 Å². The Bertz CT molecular complexity index is 1200. The topological polar surface area (TPSA) is 70.0 Å². The maximum atomic E-state index is 11.5. The zero-order chi connectivity index (χ0) is 25.8. The molecule has 5 heteroatoms. The minimum Gasteiger partial charge on any atom is -0.491 e. The van der Waals surface area contributed by atoms with Crippen LogP contribution >= 0.6 is 0 Å². The molecule has 0 atom stereocenters. The molecule has 0 saturated carbocycles. The predicted molar refractivity (Wildman–Crippen MR) is 146 cm³/mol. The normalized spacial score (nSPS) is 13.6. The molecule has 36 heavy (non-hydrogen) atoms. The van der Waals surface area contributed by atoms with Crippen LogP contribution in [0.25, 0.3) is 22.3 Å². The average Bonchev–Trinajstić information content (AvgIpc) is 3.41. The minimum atomic E-state index is -1.01. The van der Waals surface area contributed by atoms with E-state index in [1.807, 2.05) is 12.1 Å². The predicted octanol–water partition coefficient (Wildman–Crippen LogP) is 6.94. The fraction of sp³-hybridized carbons (Fsp3) is 0.387. The van der Waals surface area contributed by atoms with Crippen molar-refractivity contribution in [2.75, 3.05) is 31.2 Å². The van der Waals surface area contributed by atoms with Gasteiger partial charge in [0.15, 0.2) is 0 Å². The summed E-state index contributed by atoms with van der Waals surface area (Å²) in [5.41, 5.74) is 8.40. The van der Waals surface area contributed by atoms with Crippen LogP contribution in [0.5, 0.6) is 5.75 Å². The Morgan fingerprint density at radius 2 is 1.53 bits per heavy atom. The van der Waals surface area contributed by atoms with E-state index in [1.54, 1.807) is 12.1 Å². The van der Waals surface area contributed by atoms with E-state index < -0.39 is 5.97 Å². The lowest BCUT2D eigenvalue weighted by molar-refractivity contribution is 0.0696. The summed E-state index contributed by atoms with van der Waals surface area (Å²) in [5, 5.41) is 18.7. The first kappa shape index (κ1) is 25.8. The van der Waals surface area contributed by atoms with E-state index in [2.05, 4.69) is 56.9 Å². The lowest BCUT2D eigenvalue weighted by Crippen LogP contribution is -2.22. The van der Waals surface area contributed by atoms with Gasteiger partial charge < -0.3 is 19.8 Å². The number of anilines is 1. The van der Waals surface area contributed by atoms with Gasteiger partial charge in [-0.3, -0.25) is 0 Å². The molecule has 1 saturated heterocycles. The van der Waals surface area contributed by atoms with Crippen LogP contribution in [-0.2, 0) is 0 Å². The molecule has 1 fully saturated rings. The molecule has 1 heterocycles. The van der Waals surface area contributed by atoms with Gasteiger partial charge in [0.05, 0.1) is 12.2 Å². The molecule has 5 nitrogen and oxygen atoms in total. The van der Waals surface area contributed by atoms with Crippen molar-refractivity contribution in [1.82, 2.24) is 0 Å². The molecular weight excluding hydrogens is 450 g/mol. The molecule has 0 spiro atoms. The van der Waals surface area contributed by atoms with E-state index in [1.165, 1.54) is 41.3 Å². The quantitative estimate of drug-likeness (QED) is 0.342. The molecular formula is C31H37NO4. The van der Waals surface area contributed by atoms with Gasteiger partial charge in [0.25, 0.3) is 0 Å². The summed E-state index contributed by atoms with van der Waals surface area (Å²) in [6, 6.07) is 17.9. The minimum absolute atomic E-state index is 0.100. The number of rotatable bonds is 9. The van der Waals surface area contributed by atoms with Crippen LogP contribution in [0.2, 0.25) is 0 Å². The summed E-state index contributed by atoms with van der Waals surface area (Å²) in [5.74, 6) is 0.257. The van der Waals surface area contributed by atoms with Crippen LogP contribution in [0.15, 0.2) is 54.6 Å². The molecule has 0 bridgehead atoms. The van der Waals surface area contributed by atoms with Crippen LogP contribution in [0, 0.1) is 0 Å². The fourth-order valence-corrected chi connectivity index (χ4v) is 5.07. The third kappa shape index (κ3) is 5.41. The van der Waals surface area contributed by atoms with Crippen molar-refractivity contribution in [1.29, 1.82) is 0 Å². The number of carbonyl (C=O) groups is 1. The second-order valence-corrected chi connectivity index (χ2v) is 10.2. The first-order chi connectivity index (χ1) is 17.3. The molecule has 3 aromatic carbocycles. The van der Waals surface area contributed by atoms with Gasteiger partial charge in [-0.1, -0.05) is 45.9 Å². The molecule has 0 aliphatic carbocycles. The van der Waals surface area contributed by atoms with Crippen molar-refractivity contribution in [2.45, 2.75) is 52.4 Å². The lowest BCUT2D eigenvalue weighted by atomic mass is 9.87. The Kier molecular flexibility index (Phi) is 8.00. The molecule has 3 aromatic rings.